The van der Waals surface area contributed by atoms with E-state index in [1.807, 2.05) is 22.6 Å². The number of aromatic nitrogens is 2. The highest BCUT2D eigenvalue weighted by Gasteiger charge is 2.17. The third-order valence-corrected chi connectivity index (χ3v) is 4.62. The van der Waals surface area contributed by atoms with Crippen molar-refractivity contribution in [1.82, 2.24) is 9.38 Å². The number of fused-ring (bicyclic) bond motifs is 2. The summed E-state index contributed by atoms with van der Waals surface area (Å²) in [6.07, 6.45) is 1.69. The molecule has 2 aromatic heterocycles. The quantitative estimate of drug-likeness (QED) is 0.496. The minimum absolute atomic E-state index is 0.115. The van der Waals surface area contributed by atoms with Crippen LogP contribution in [0, 0.1) is 0 Å². The third kappa shape index (κ3) is 2.23. The molecule has 0 spiro atoms. The van der Waals surface area contributed by atoms with Gasteiger partial charge in [-0.1, -0.05) is 18.2 Å². The van der Waals surface area contributed by atoms with E-state index in [1.54, 1.807) is 36.7 Å². The van der Waals surface area contributed by atoms with Crippen LogP contribution >= 0.6 is 0 Å². The number of benzene rings is 3. The van der Waals surface area contributed by atoms with E-state index < -0.39 is 5.97 Å². The summed E-state index contributed by atoms with van der Waals surface area (Å²) in [5.41, 5.74) is 2.13. The molecule has 0 aliphatic rings. The summed E-state index contributed by atoms with van der Waals surface area (Å²) >= 11 is 0. The molecule has 0 radical (unpaired) electrons. The first-order valence-corrected chi connectivity index (χ1v) is 8.29. The van der Waals surface area contributed by atoms with E-state index in [1.165, 1.54) is 12.1 Å². The van der Waals surface area contributed by atoms with Crippen molar-refractivity contribution < 1.29 is 14.6 Å². The molecule has 0 aliphatic heterocycles. The molecule has 6 heteroatoms. The second-order valence-corrected chi connectivity index (χ2v) is 6.20. The van der Waals surface area contributed by atoms with E-state index in [9.17, 15) is 9.59 Å². The van der Waals surface area contributed by atoms with Gasteiger partial charge in [-0.05, 0) is 42.5 Å². The van der Waals surface area contributed by atoms with Crippen molar-refractivity contribution in [3.63, 3.8) is 0 Å². The molecule has 0 amide bonds. The molecule has 1 N–H and O–H groups in total. The van der Waals surface area contributed by atoms with Crippen molar-refractivity contribution >= 4 is 33.3 Å². The molecule has 0 bridgehead atoms. The second-order valence-electron chi connectivity index (χ2n) is 6.20. The number of hydrogen-bond acceptors (Lipinski definition) is 4. The molecular formula is C21H12N2O4. The average Bonchev–Trinajstić information content (AvgIpc) is 3.11. The minimum Gasteiger partial charge on any atom is -0.478 e. The lowest BCUT2D eigenvalue weighted by Gasteiger charge is -2.11. The Kier molecular flexibility index (Phi) is 3.14. The van der Waals surface area contributed by atoms with Crippen molar-refractivity contribution in [2.75, 3.05) is 0 Å². The number of carboxylic acid groups (broad SMARTS) is 1. The topological polar surface area (TPSA) is 80.9 Å². The van der Waals surface area contributed by atoms with E-state index in [0.29, 0.717) is 33.3 Å². The zero-order chi connectivity index (χ0) is 18.5. The molecule has 0 saturated carbocycles. The molecule has 0 aliphatic carbocycles. The van der Waals surface area contributed by atoms with Crippen molar-refractivity contribution in [3.8, 4) is 11.5 Å². The summed E-state index contributed by atoms with van der Waals surface area (Å²) in [6, 6.07) is 17.0. The van der Waals surface area contributed by atoms with Crippen LogP contribution in [-0.2, 0) is 0 Å². The SMILES string of the molecule is O=C(O)c1cccc(Oc2ccc3ncn4c5ccccc5c(=O)c2c34)c1. The highest BCUT2D eigenvalue weighted by Crippen LogP contribution is 2.32. The first-order valence-electron chi connectivity index (χ1n) is 8.29. The fourth-order valence-electron chi connectivity index (χ4n) is 3.40. The number of ether oxygens (including phenoxy) is 1. The van der Waals surface area contributed by atoms with Crippen LogP contribution in [0.2, 0.25) is 0 Å². The lowest BCUT2D eigenvalue weighted by molar-refractivity contribution is 0.0696. The van der Waals surface area contributed by atoms with Crippen molar-refractivity contribution in [2.24, 2.45) is 0 Å². The number of aromatic carboxylic acids is 1. The zero-order valence-corrected chi connectivity index (χ0v) is 13.9. The Labute approximate surface area is 152 Å². The molecule has 0 unspecified atom stereocenters. The lowest BCUT2D eigenvalue weighted by Crippen LogP contribution is -2.07. The fraction of sp³-hybridized carbons (Fsp3) is 0. The van der Waals surface area contributed by atoms with Gasteiger partial charge in [-0.15, -0.1) is 0 Å². The number of hydrogen-bond donors (Lipinski definition) is 1. The van der Waals surface area contributed by atoms with Crippen LogP contribution in [0.5, 0.6) is 11.5 Å². The molecule has 2 heterocycles. The van der Waals surface area contributed by atoms with Gasteiger partial charge in [-0.25, -0.2) is 9.78 Å². The number of carbonyl (C=O) groups is 1. The van der Waals surface area contributed by atoms with Crippen LogP contribution in [0.25, 0.3) is 27.3 Å². The molecule has 6 nitrogen and oxygen atoms in total. The number of carboxylic acids is 1. The highest BCUT2D eigenvalue weighted by molar-refractivity contribution is 6.04. The molecule has 5 rings (SSSR count). The van der Waals surface area contributed by atoms with Crippen LogP contribution < -0.4 is 10.2 Å². The lowest BCUT2D eigenvalue weighted by atomic mass is 10.1. The Balaban J connectivity index is 1.80. The standard InChI is InChI=1S/C21H12N2O4/c24-20-14-6-1-2-7-16(14)23-11-22-15-8-9-17(18(20)19(15)23)27-13-5-3-4-12(10-13)21(25)26/h1-11H,(H,25,26). The Morgan fingerprint density at radius 1 is 1.04 bits per heavy atom. The fourth-order valence-corrected chi connectivity index (χ4v) is 3.40. The van der Waals surface area contributed by atoms with Crippen LogP contribution in [0.3, 0.4) is 0 Å². The van der Waals surface area contributed by atoms with Gasteiger partial charge >= 0.3 is 5.97 Å². The maximum Gasteiger partial charge on any atom is 0.335 e. The summed E-state index contributed by atoms with van der Waals surface area (Å²) in [6.45, 7) is 0. The van der Waals surface area contributed by atoms with Crippen molar-refractivity contribution in [3.05, 3.63) is 82.8 Å². The van der Waals surface area contributed by atoms with E-state index in [-0.39, 0.29) is 11.0 Å². The highest BCUT2D eigenvalue weighted by atomic mass is 16.5. The van der Waals surface area contributed by atoms with Gasteiger partial charge in [0, 0.05) is 5.39 Å². The van der Waals surface area contributed by atoms with Crippen LogP contribution in [0.4, 0.5) is 0 Å². The number of pyridine rings is 1. The molecule has 5 aromatic rings. The van der Waals surface area contributed by atoms with Crippen LogP contribution in [-0.4, -0.2) is 20.5 Å². The van der Waals surface area contributed by atoms with E-state index in [2.05, 4.69) is 4.98 Å². The Morgan fingerprint density at radius 2 is 1.89 bits per heavy atom. The molecule has 0 saturated heterocycles. The largest absolute Gasteiger partial charge is 0.478 e. The molecule has 27 heavy (non-hydrogen) atoms. The number of nitrogens with zero attached hydrogens (tertiary/aromatic N) is 2. The predicted molar refractivity (Wildman–Crippen MR) is 101 cm³/mol. The maximum absolute atomic E-state index is 13.2. The van der Waals surface area contributed by atoms with Crippen LogP contribution in [0.1, 0.15) is 10.4 Å². The van der Waals surface area contributed by atoms with E-state index in [0.717, 1.165) is 5.52 Å². The number of rotatable bonds is 3. The monoisotopic (exact) mass is 356 g/mol. The molecule has 0 fully saturated rings. The zero-order valence-electron chi connectivity index (χ0n) is 13.9. The minimum atomic E-state index is -1.04. The summed E-state index contributed by atoms with van der Waals surface area (Å²) in [5, 5.41) is 10.2. The number of imidazole rings is 1. The third-order valence-electron chi connectivity index (χ3n) is 4.62. The Bertz CT molecular complexity index is 1400. The van der Waals surface area contributed by atoms with Gasteiger partial charge in [0.1, 0.15) is 17.8 Å². The second kappa shape index (κ2) is 5.54. The van der Waals surface area contributed by atoms with Gasteiger partial charge in [0.2, 0.25) is 5.43 Å². The van der Waals surface area contributed by atoms with Gasteiger partial charge in [-0.2, -0.15) is 0 Å². The molecule has 130 valence electrons. The molecule has 0 atom stereocenters. The summed E-state index contributed by atoms with van der Waals surface area (Å²) < 4.78 is 7.79. The van der Waals surface area contributed by atoms with Gasteiger partial charge < -0.3 is 9.84 Å². The summed E-state index contributed by atoms with van der Waals surface area (Å²) in [7, 11) is 0. The van der Waals surface area contributed by atoms with Crippen molar-refractivity contribution in [1.29, 1.82) is 0 Å². The maximum atomic E-state index is 13.2. The smallest absolute Gasteiger partial charge is 0.335 e. The summed E-state index contributed by atoms with van der Waals surface area (Å²) in [4.78, 5) is 28.7. The Morgan fingerprint density at radius 3 is 2.74 bits per heavy atom. The van der Waals surface area contributed by atoms with Crippen molar-refractivity contribution in [2.45, 2.75) is 0 Å². The normalized spacial score (nSPS) is 11.4. The van der Waals surface area contributed by atoms with Gasteiger partial charge in [0.05, 0.1) is 27.5 Å². The van der Waals surface area contributed by atoms with Gasteiger partial charge in [0.15, 0.2) is 0 Å². The van der Waals surface area contributed by atoms with E-state index in [4.69, 9.17) is 9.84 Å². The van der Waals surface area contributed by atoms with Gasteiger partial charge in [-0.3, -0.25) is 9.20 Å². The summed E-state index contributed by atoms with van der Waals surface area (Å²) in [5.74, 6) is -0.324. The number of para-hydroxylation sites is 1. The average molecular weight is 356 g/mol. The van der Waals surface area contributed by atoms with E-state index >= 15 is 0 Å². The molecule has 3 aromatic carbocycles. The van der Waals surface area contributed by atoms with Gasteiger partial charge in [0.25, 0.3) is 0 Å². The first kappa shape index (κ1) is 15.3. The van der Waals surface area contributed by atoms with Crippen LogP contribution in [0.15, 0.2) is 71.8 Å². The first-order chi connectivity index (χ1) is 13.1. The predicted octanol–water partition coefficient (Wildman–Crippen LogP) is 3.93. The molecular weight excluding hydrogens is 344 g/mol. The Hall–Kier alpha value is -3.93.